The van der Waals surface area contributed by atoms with Gasteiger partial charge in [-0.3, -0.25) is 4.79 Å². The summed E-state index contributed by atoms with van der Waals surface area (Å²) >= 11 is 3.80. The molecule has 3 rings (SSSR count). The number of carbonyl (C=O) groups is 1. The first-order valence-corrected chi connectivity index (χ1v) is 6.64. The van der Waals surface area contributed by atoms with Crippen LogP contribution in [-0.2, 0) is 0 Å². The van der Waals surface area contributed by atoms with Crippen LogP contribution in [0.15, 0.2) is 24.3 Å². The molecule has 2 aromatic heterocycles. The molecular weight excluding hydrogens is 300 g/mol. The molecule has 0 spiro atoms. The number of nitrogens with two attached hydrogens (primary N) is 2. The molecule has 0 aliphatic rings. The highest BCUT2D eigenvalue weighted by molar-refractivity contribution is 7.97. The Morgan fingerprint density at radius 1 is 1.32 bits per heavy atom. The van der Waals surface area contributed by atoms with Crippen LogP contribution in [0.25, 0.3) is 22.3 Å². The van der Waals surface area contributed by atoms with Crippen molar-refractivity contribution < 1.29 is 4.79 Å². The normalized spacial score (nSPS) is 10.5. The molecule has 0 saturated carbocycles. The topological polar surface area (TPSA) is 134 Å². The van der Waals surface area contributed by atoms with Crippen molar-refractivity contribution in [3.63, 3.8) is 0 Å². The van der Waals surface area contributed by atoms with Gasteiger partial charge in [0.1, 0.15) is 17.5 Å². The summed E-state index contributed by atoms with van der Waals surface area (Å²) in [7, 11) is 0. The van der Waals surface area contributed by atoms with Gasteiger partial charge in [0.05, 0.1) is 16.6 Å². The quantitative estimate of drug-likeness (QED) is 0.532. The monoisotopic (exact) mass is 310 g/mol. The highest BCUT2D eigenvalue weighted by Gasteiger charge is 2.18. The van der Waals surface area contributed by atoms with Gasteiger partial charge in [0.25, 0.3) is 0 Å². The van der Waals surface area contributed by atoms with Gasteiger partial charge in [0, 0.05) is 11.1 Å². The number of fused-ring (bicyclic) bond motifs is 1. The van der Waals surface area contributed by atoms with Crippen molar-refractivity contribution in [3.05, 3.63) is 35.4 Å². The van der Waals surface area contributed by atoms with Crippen LogP contribution in [0.3, 0.4) is 0 Å². The van der Waals surface area contributed by atoms with Crippen molar-refractivity contribution in [1.82, 2.24) is 15.0 Å². The number of carbonyl (C=O) groups excluding carboxylic acids is 1. The number of benzene rings is 1. The molecule has 0 unspecified atom stereocenters. The number of nitriles is 1. The second kappa shape index (κ2) is 5.05. The van der Waals surface area contributed by atoms with Gasteiger partial charge in [-0.1, -0.05) is 18.2 Å². The molecule has 0 aliphatic heterocycles. The summed E-state index contributed by atoms with van der Waals surface area (Å²) in [5.74, 6) is 0.143. The molecule has 22 heavy (non-hydrogen) atoms. The number of nitrogen functional groups attached to an aromatic ring is 2. The second-order valence-electron chi connectivity index (χ2n) is 4.56. The van der Waals surface area contributed by atoms with E-state index in [0.717, 1.165) is 0 Å². The third-order valence-electron chi connectivity index (χ3n) is 3.21. The van der Waals surface area contributed by atoms with Crippen molar-refractivity contribution in [1.29, 1.82) is 5.26 Å². The zero-order chi connectivity index (χ0) is 15.9. The van der Waals surface area contributed by atoms with Gasteiger partial charge in [-0.05, 0) is 6.07 Å². The lowest BCUT2D eigenvalue weighted by atomic mass is 10.0. The third kappa shape index (κ3) is 2.13. The third-order valence-corrected chi connectivity index (χ3v) is 3.47. The summed E-state index contributed by atoms with van der Waals surface area (Å²) in [5.41, 5.74) is 13.6. The number of thiol groups is 1. The minimum atomic E-state index is -0.361. The standard InChI is InChI=1S/C14H10N6OS/c15-5-8-9-11(16)19-14(17)20-12(9)18-10(8)6-2-1-3-7(4-6)13(21)22/h1-4H,(H,21,22)(H5,16,17,18,19,20). The highest BCUT2D eigenvalue weighted by Crippen LogP contribution is 2.32. The molecule has 108 valence electrons. The predicted octanol–water partition coefficient (Wildman–Crippen LogP) is 1.73. The summed E-state index contributed by atoms with van der Waals surface area (Å²) < 4.78 is 0. The maximum atomic E-state index is 11.4. The van der Waals surface area contributed by atoms with E-state index in [1.54, 1.807) is 24.3 Å². The molecule has 0 fully saturated rings. The smallest absolute Gasteiger partial charge is 0.223 e. The van der Waals surface area contributed by atoms with Crippen LogP contribution >= 0.6 is 12.6 Å². The van der Waals surface area contributed by atoms with Crippen molar-refractivity contribution >= 4 is 40.5 Å². The van der Waals surface area contributed by atoms with Gasteiger partial charge in [0.15, 0.2) is 0 Å². The van der Waals surface area contributed by atoms with Gasteiger partial charge in [-0.2, -0.15) is 15.2 Å². The van der Waals surface area contributed by atoms with Gasteiger partial charge in [-0.25, -0.2) is 0 Å². The van der Waals surface area contributed by atoms with Crippen molar-refractivity contribution in [3.8, 4) is 17.3 Å². The molecule has 2 heterocycles. The Bertz CT molecular complexity index is 956. The van der Waals surface area contributed by atoms with Crippen LogP contribution in [0.5, 0.6) is 0 Å². The first kappa shape index (κ1) is 13.9. The van der Waals surface area contributed by atoms with Crippen LogP contribution < -0.4 is 11.5 Å². The van der Waals surface area contributed by atoms with Crippen LogP contribution in [-0.4, -0.2) is 20.1 Å². The van der Waals surface area contributed by atoms with E-state index in [0.29, 0.717) is 33.4 Å². The number of hydrogen-bond donors (Lipinski definition) is 4. The summed E-state index contributed by atoms with van der Waals surface area (Å²) in [6.07, 6.45) is 0. The molecule has 5 N–H and O–H groups in total. The molecule has 8 heteroatoms. The fourth-order valence-electron chi connectivity index (χ4n) is 2.27. The summed E-state index contributed by atoms with van der Waals surface area (Å²) in [6, 6.07) is 8.83. The van der Waals surface area contributed by atoms with Crippen molar-refractivity contribution in [2.24, 2.45) is 0 Å². The molecule has 0 saturated heterocycles. The molecule has 3 aromatic rings. The average Bonchev–Trinajstić information content (AvgIpc) is 2.86. The molecule has 0 aliphatic carbocycles. The van der Waals surface area contributed by atoms with Crippen LogP contribution in [0, 0.1) is 11.3 Å². The minimum absolute atomic E-state index is 0.0153. The number of aromatic amines is 1. The van der Waals surface area contributed by atoms with Gasteiger partial charge < -0.3 is 16.5 Å². The predicted molar refractivity (Wildman–Crippen MR) is 86.2 cm³/mol. The Hall–Kier alpha value is -3.05. The highest BCUT2D eigenvalue weighted by atomic mass is 32.1. The zero-order valence-corrected chi connectivity index (χ0v) is 12.1. The van der Waals surface area contributed by atoms with Crippen molar-refractivity contribution in [2.75, 3.05) is 11.5 Å². The molecule has 0 atom stereocenters. The number of H-pyrrole nitrogens is 1. The summed E-state index contributed by atoms with van der Waals surface area (Å²) in [5, 5.41) is 9.49. The maximum absolute atomic E-state index is 11.4. The number of hydrogen-bond acceptors (Lipinski definition) is 6. The van der Waals surface area contributed by atoms with E-state index in [1.165, 1.54) is 0 Å². The van der Waals surface area contributed by atoms with Gasteiger partial charge >= 0.3 is 0 Å². The largest absolute Gasteiger partial charge is 0.383 e. The lowest BCUT2D eigenvalue weighted by Crippen LogP contribution is -1.99. The first-order valence-electron chi connectivity index (χ1n) is 6.19. The molecule has 0 radical (unpaired) electrons. The number of anilines is 2. The molecule has 0 bridgehead atoms. The fourth-order valence-corrected chi connectivity index (χ4v) is 2.41. The fraction of sp³-hybridized carbons (Fsp3) is 0. The lowest BCUT2D eigenvalue weighted by Gasteiger charge is -2.01. The number of nitrogens with one attached hydrogen (secondary N) is 1. The van der Waals surface area contributed by atoms with Crippen LogP contribution in [0.1, 0.15) is 15.9 Å². The Labute approximate surface area is 130 Å². The molecule has 1 aromatic carbocycles. The van der Waals surface area contributed by atoms with E-state index in [1.807, 2.05) is 0 Å². The Morgan fingerprint density at radius 3 is 2.77 bits per heavy atom. The SMILES string of the molecule is N#Cc1c(-c2cccc(C(=O)S)c2)[nH]c2nc(N)nc(N)c12. The van der Waals surface area contributed by atoms with Crippen LogP contribution in [0.2, 0.25) is 0 Å². The Morgan fingerprint density at radius 2 is 2.09 bits per heavy atom. The van der Waals surface area contributed by atoms with E-state index < -0.39 is 0 Å². The summed E-state index contributed by atoms with van der Waals surface area (Å²) in [4.78, 5) is 22.3. The number of nitrogens with zero attached hydrogens (tertiary/aromatic N) is 3. The number of aromatic nitrogens is 3. The maximum Gasteiger partial charge on any atom is 0.223 e. The van der Waals surface area contributed by atoms with Crippen LogP contribution in [0.4, 0.5) is 11.8 Å². The molecular formula is C14H10N6OS. The zero-order valence-electron chi connectivity index (χ0n) is 11.2. The minimum Gasteiger partial charge on any atom is -0.383 e. The van der Waals surface area contributed by atoms with Gasteiger partial charge in [-0.15, -0.1) is 12.6 Å². The van der Waals surface area contributed by atoms with Gasteiger partial charge in [0.2, 0.25) is 11.1 Å². The molecule has 7 nitrogen and oxygen atoms in total. The number of rotatable bonds is 2. The van der Waals surface area contributed by atoms with E-state index in [4.69, 9.17) is 11.5 Å². The van der Waals surface area contributed by atoms with Crippen molar-refractivity contribution in [2.45, 2.75) is 0 Å². The average molecular weight is 310 g/mol. The lowest BCUT2D eigenvalue weighted by molar-refractivity contribution is 0.109. The van der Waals surface area contributed by atoms with E-state index >= 15 is 0 Å². The van der Waals surface area contributed by atoms with E-state index in [-0.39, 0.29) is 16.9 Å². The molecule has 0 amide bonds. The van der Waals surface area contributed by atoms with E-state index in [2.05, 4.69) is 33.6 Å². The first-order chi connectivity index (χ1) is 10.5. The Kier molecular flexibility index (Phi) is 3.19. The Balaban J connectivity index is 2.32. The van der Waals surface area contributed by atoms with E-state index in [9.17, 15) is 10.1 Å². The second-order valence-corrected chi connectivity index (χ2v) is 4.97. The summed E-state index contributed by atoms with van der Waals surface area (Å²) in [6.45, 7) is 0.